The molecule has 0 aliphatic heterocycles. The zero-order valence-corrected chi connectivity index (χ0v) is 15.4. The molecule has 0 unspecified atom stereocenters. The van der Waals surface area contributed by atoms with Crippen molar-refractivity contribution >= 4 is 45.4 Å². The van der Waals surface area contributed by atoms with Crippen molar-refractivity contribution in [3.8, 4) is 0 Å². The second-order valence-corrected chi connectivity index (χ2v) is 6.46. The van der Waals surface area contributed by atoms with Crippen LogP contribution in [-0.2, 0) is 9.59 Å². The van der Waals surface area contributed by atoms with Crippen molar-refractivity contribution < 1.29 is 14.8 Å². The Bertz CT molecular complexity index is 569. The van der Waals surface area contributed by atoms with Crippen LogP contribution in [0.25, 0.3) is 0 Å². The van der Waals surface area contributed by atoms with Crippen LogP contribution in [0.15, 0.2) is 34.5 Å². The summed E-state index contributed by atoms with van der Waals surface area (Å²) in [6.45, 7) is 3.70. The van der Waals surface area contributed by atoms with Crippen LogP contribution in [0.4, 0.5) is 0 Å². The molecule has 0 aromatic rings. The van der Waals surface area contributed by atoms with Crippen LogP contribution in [0.1, 0.15) is 19.3 Å². The van der Waals surface area contributed by atoms with Crippen LogP contribution in [-0.4, -0.2) is 46.2 Å². The van der Waals surface area contributed by atoms with Crippen molar-refractivity contribution in [1.82, 2.24) is 10.8 Å². The Morgan fingerprint density at radius 2 is 1.96 bits per heavy atom. The van der Waals surface area contributed by atoms with Gasteiger partial charge in [-0.15, -0.1) is 23.5 Å². The number of aliphatic imine (C=N–C) groups is 2. The molecule has 1 saturated carbocycles. The maximum Gasteiger partial charge on any atom is 0.269 e. The molecule has 0 atom stereocenters. The topological polar surface area (TPSA) is 103 Å². The van der Waals surface area contributed by atoms with Crippen LogP contribution < -0.4 is 10.8 Å². The fraction of sp³-hybridized carbons (Fsp3) is 0.467. The lowest BCUT2D eigenvalue weighted by atomic mass is 10.3. The van der Waals surface area contributed by atoms with Gasteiger partial charge in [0.1, 0.15) is 15.8 Å². The Balaban J connectivity index is 2.89. The highest BCUT2D eigenvalue weighted by atomic mass is 32.2. The number of hydroxylamine groups is 1. The number of amides is 2. The van der Waals surface area contributed by atoms with Crippen molar-refractivity contribution in [2.75, 3.05) is 19.1 Å². The molecule has 3 N–H and O–H groups in total. The average molecular weight is 371 g/mol. The standard InChI is InChI=1S/C15H22N4O3S2/c1-4-16-14(23-2)15(24-3)18-11(9-10-5-6-10)13(21)17-8-7-12(20)19-22/h4,9-10,22H,1,5-8H2,2-3H3,(H,17,21)(H,19,20)/b11-9+,16-14-,18-15-. The van der Waals surface area contributed by atoms with E-state index in [0.717, 1.165) is 12.8 Å². The summed E-state index contributed by atoms with van der Waals surface area (Å²) >= 11 is 2.83. The normalized spacial score (nSPS) is 15.9. The minimum absolute atomic E-state index is 0.00790. The van der Waals surface area contributed by atoms with Crippen LogP contribution in [0, 0.1) is 5.92 Å². The van der Waals surface area contributed by atoms with Gasteiger partial charge in [-0.3, -0.25) is 14.8 Å². The van der Waals surface area contributed by atoms with Gasteiger partial charge in [-0.25, -0.2) is 15.5 Å². The first-order valence-corrected chi connectivity index (χ1v) is 9.79. The number of carbonyl (C=O) groups is 2. The lowest BCUT2D eigenvalue weighted by Crippen LogP contribution is -2.30. The molecule has 0 bridgehead atoms. The number of nitrogens with zero attached hydrogens (tertiary/aromatic N) is 2. The van der Waals surface area contributed by atoms with E-state index in [2.05, 4.69) is 21.9 Å². The molecule has 0 aromatic carbocycles. The Labute approximate surface area is 150 Å². The number of hydrogen-bond acceptors (Lipinski definition) is 7. The van der Waals surface area contributed by atoms with Crippen molar-refractivity contribution in [3.63, 3.8) is 0 Å². The largest absolute Gasteiger partial charge is 0.350 e. The SMILES string of the molecule is C=C/N=C(SC)/C(=N/C(=C/C1CC1)C(=O)NCCC(=O)NO)SC. The van der Waals surface area contributed by atoms with E-state index in [1.54, 1.807) is 0 Å². The minimum atomic E-state index is -0.556. The fourth-order valence-corrected chi connectivity index (χ4v) is 2.97. The predicted octanol–water partition coefficient (Wildman–Crippen LogP) is 1.96. The second-order valence-electron chi connectivity index (χ2n) is 4.87. The summed E-state index contributed by atoms with van der Waals surface area (Å²) in [6.07, 6.45) is 9.12. The van der Waals surface area contributed by atoms with Gasteiger partial charge in [0.25, 0.3) is 5.91 Å². The van der Waals surface area contributed by atoms with Crippen molar-refractivity contribution in [2.24, 2.45) is 15.9 Å². The number of hydrogen-bond donors (Lipinski definition) is 3. The maximum atomic E-state index is 12.3. The van der Waals surface area contributed by atoms with E-state index in [-0.39, 0.29) is 18.9 Å². The van der Waals surface area contributed by atoms with Crippen LogP contribution in [0.3, 0.4) is 0 Å². The zero-order chi connectivity index (χ0) is 17.9. The predicted molar refractivity (Wildman–Crippen MR) is 100 cm³/mol. The number of allylic oxidation sites excluding steroid dienone is 1. The number of carbonyl (C=O) groups excluding carboxylic acids is 2. The van der Waals surface area contributed by atoms with E-state index >= 15 is 0 Å². The van der Waals surface area contributed by atoms with E-state index in [1.165, 1.54) is 35.2 Å². The van der Waals surface area contributed by atoms with Crippen molar-refractivity contribution in [1.29, 1.82) is 0 Å². The molecule has 1 rings (SSSR count). The third kappa shape index (κ3) is 7.33. The quantitative estimate of drug-likeness (QED) is 0.209. The highest BCUT2D eigenvalue weighted by Crippen LogP contribution is 2.31. The summed E-state index contributed by atoms with van der Waals surface area (Å²) in [5.41, 5.74) is 1.84. The molecule has 1 aliphatic carbocycles. The molecule has 2 amide bonds. The Hall–Kier alpha value is -1.58. The molecule has 1 fully saturated rings. The van der Waals surface area contributed by atoms with E-state index in [4.69, 9.17) is 5.21 Å². The third-order valence-corrected chi connectivity index (χ3v) is 4.50. The molecule has 0 aromatic heterocycles. The van der Waals surface area contributed by atoms with E-state index < -0.39 is 5.91 Å². The van der Waals surface area contributed by atoms with Gasteiger partial charge in [0, 0.05) is 19.2 Å². The fourth-order valence-electron chi connectivity index (χ4n) is 1.65. The lowest BCUT2D eigenvalue weighted by molar-refractivity contribution is -0.129. The zero-order valence-electron chi connectivity index (χ0n) is 13.7. The van der Waals surface area contributed by atoms with Crippen molar-refractivity contribution in [2.45, 2.75) is 19.3 Å². The molecule has 9 heteroatoms. The molecule has 1 aliphatic rings. The first kappa shape index (κ1) is 20.5. The first-order chi connectivity index (χ1) is 11.5. The summed E-state index contributed by atoms with van der Waals surface area (Å²) in [6, 6.07) is 0. The molecule has 0 radical (unpaired) electrons. The van der Waals surface area contributed by atoms with E-state index in [1.807, 2.05) is 18.6 Å². The summed E-state index contributed by atoms with van der Waals surface area (Å²) < 4.78 is 0. The maximum absolute atomic E-state index is 12.3. The van der Waals surface area contributed by atoms with Gasteiger partial charge in [-0.1, -0.05) is 6.58 Å². The van der Waals surface area contributed by atoms with Gasteiger partial charge in [0.05, 0.1) is 0 Å². The Morgan fingerprint density at radius 1 is 1.29 bits per heavy atom. The number of rotatable bonds is 7. The van der Waals surface area contributed by atoms with Crippen LogP contribution in [0.2, 0.25) is 0 Å². The van der Waals surface area contributed by atoms with Crippen LogP contribution >= 0.6 is 23.5 Å². The first-order valence-electron chi connectivity index (χ1n) is 7.34. The summed E-state index contributed by atoms with van der Waals surface area (Å²) in [4.78, 5) is 32.0. The third-order valence-electron chi connectivity index (χ3n) is 3.01. The van der Waals surface area contributed by atoms with Gasteiger partial charge in [0.15, 0.2) is 0 Å². The minimum Gasteiger partial charge on any atom is -0.350 e. The lowest BCUT2D eigenvalue weighted by Gasteiger charge is -2.08. The molecule has 132 valence electrons. The number of thioether (sulfide) groups is 2. The Kier molecular flexibility index (Phi) is 9.43. The molecule has 0 saturated heterocycles. The van der Waals surface area contributed by atoms with Crippen LogP contribution in [0.5, 0.6) is 0 Å². The average Bonchev–Trinajstić information content (AvgIpc) is 3.40. The molecule has 0 heterocycles. The van der Waals surface area contributed by atoms with E-state index in [0.29, 0.717) is 21.7 Å². The highest BCUT2D eigenvalue weighted by Gasteiger charge is 2.22. The van der Waals surface area contributed by atoms with Gasteiger partial charge in [-0.2, -0.15) is 0 Å². The Morgan fingerprint density at radius 3 is 2.46 bits per heavy atom. The van der Waals surface area contributed by atoms with Gasteiger partial charge < -0.3 is 5.32 Å². The summed E-state index contributed by atoms with van der Waals surface area (Å²) in [5.74, 6) is -0.537. The van der Waals surface area contributed by atoms with E-state index in [9.17, 15) is 9.59 Å². The molecule has 0 spiro atoms. The second kappa shape index (κ2) is 11.1. The molecular weight excluding hydrogens is 348 g/mol. The van der Waals surface area contributed by atoms with Crippen molar-refractivity contribution in [3.05, 3.63) is 24.6 Å². The monoisotopic (exact) mass is 370 g/mol. The summed E-state index contributed by atoms with van der Waals surface area (Å²) in [7, 11) is 0. The number of nitrogens with one attached hydrogen (secondary N) is 2. The van der Waals surface area contributed by atoms with Gasteiger partial charge >= 0.3 is 0 Å². The highest BCUT2D eigenvalue weighted by molar-refractivity contribution is 8.24. The smallest absolute Gasteiger partial charge is 0.269 e. The molecular formula is C15H22N4O3S2. The molecule has 24 heavy (non-hydrogen) atoms. The summed E-state index contributed by atoms with van der Waals surface area (Å²) in [5, 5.41) is 12.4. The molecule has 7 nitrogen and oxygen atoms in total. The van der Waals surface area contributed by atoms with Gasteiger partial charge in [-0.05, 0) is 37.3 Å². The van der Waals surface area contributed by atoms with Gasteiger partial charge in [0.2, 0.25) is 5.91 Å².